The molecular weight excluding hydrogens is 167 g/mol. The summed E-state index contributed by atoms with van der Waals surface area (Å²) in [6.07, 6.45) is 0. The predicted molar refractivity (Wildman–Crippen MR) is 51.5 cm³/mol. The predicted octanol–water partition coefficient (Wildman–Crippen LogP) is 0.651. The highest BCUT2D eigenvalue weighted by Gasteiger charge is 2.19. The van der Waals surface area contributed by atoms with E-state index in [0.717, 1.165) is 11.0 Å². The highest BCUT2D eigenvalue weighted by molar-refractivity contribution is 6.60. The summed E-state index contributed by atoms with van der Waals surface area (Å²) in [7, 11) is -0.999. The summed E-state index contributed by atoms with van der Waals surface area (Å²) < 4.78 is 0. The number of benzene rings is 1. The molecule has 0 aliphatic carbocycles. The van der Waals surface area contributed by atoms with Crippen LogP contribution >= 0.6 is 0 Å². The molecule has 1 rings (SSSR count). The first-order valence-electron chi connectivity index (χ1n) is 4.27. The zero-order valence-electron chi connectivity index (χ0n) is 7.86. The highest BCUT2D eigenvalue weighted by atomic mass is 17.2. The molecule has 0 fully saturated rings. The maximum atomic E-state index is 9.49. The second-order valence-corrected chi connectivity index (χ2v) is 2.71. The first-order chi connectivity index (χ1) is 6.25. The van der Waals surface area contributed by atoms with Crippen LogP contribution in [0.4, 0.5) is 0 Å². The van der Waals surface area contributed by atoms with E-state index >= 15 is 0 Å². The fourth-order valence-electron chi connectivity index (χ4n) is 1.05. The van der Waals surface area contributed by atoms with Crippen molar-refractivity contribution in [2.45, 2.75) is 13.8 Å². The molecule has 0 saturated carbocycles. The maximum Gasteiger partial charge on any atom is 0.523 e. The van der Waals surface area contributed by atoms with Gasteiger partial charge in [0.25, 0.3) is 0 Å². The van der Waals surface area contributed by atoms with Crippen LogP contribution in [0, 0.1) is 6.92 Å². The number of aryl methyl sites for hydroxylation is 1. The zero-order chi connectivity index (χ0) is 9.68. The second kappa shape index (κ2) is 5.02. The Morgan fingerprint density at radius 3 is 2.69 bits per heavy atom. The van der Waals surface area contributed by atoms with Crippen molar-refractivity contribution in [3.63, 3.8) is 0 Å². The summed E-state index contributed by atoms with van der Waals surface area (Å²) in [6.45, 7) is 4.13. The lowest BCUT2D eigenvalue weighted by Gasteiger charge is -2.08. The molecule has 0 spiro atoms. The van der Waals surface area contributed by atoms with Gasteiger partial charge in [-0.2, -0.15) is 0 Å². The fourth-order valence-corrected chi connectivity index (χ4v) is 1.05. The highest BCUT2D eigenvalue weighted by Crippen LogP contribution is 1.96. The Morgan fingerprint density at radius 2 is 2.08 bits per heavy atom. The molecule has 0 heterocycles. The molecule has 0 aromatic heterocycles. The molecule has 0 aliphatic rings. The Hall–Kier alpha value is -0.835. The Kier molecular flexibility index (Phi) is 3.95. The van der Waals surface area contributed by atoms with Crippen LogP contribution in [0.2, 0.25) is 0 Å². The number of hydrogen-bond acceptors (Lipinski definition) is 3. The van der Waals surface area contributed by atoms with Gasteiger partial charge in [0.15, 0.2) is 0 Å². The van der Waals surface area contributed by atoms with E-state index in [1.165, 1.54) is 0 Å². The first kappa shape index (κ1) is 10.2. The molecule has 0 aliphatic heterocycles. The van der Waals surface area contributed by atoms with Crippen LogP contribution in [0.25, 0.3) is 0 Å². The van der Waals surface area contributed by atoms with Gasteiger partial charge in [-0.3, -0.25) is 4.81 Å². The Labute approximate surface area is 78.4 Å². The molecular formula is C9H13BO3. The number of rotatable bonds is 4. The third-order valence-corrected chi connectivity index (χ3v) is 1.73. The average Bonchev–Trinajstić information content (AvgIpc) is 2.15. The van der Waals surface area contributed by atoms with E-state index in [2.05, 4.69) is 4.89 Å². The molecule has 4 heteroatoms. The molecule has 0 atom stereocenters. The van der Waals surface area contributed by atoms with Gasteiger partial charge in [-0.25, -0.2) is 4.89 Å². The van der Waals surface area contributed by atoms with Crippen molar-refractivity contribution in [1.29, 1.82) is 0 Å². The monoisotopic (exact) mass is 180 g/mol. The van der Waals surface area contributed by atoms with E-state index in [4.69, 9.17) is 4.81 Å². The molecule has 70 valence electrons. The van der Waals surface area contributed by atoms with Gasteiger partial charge in [-0.1, -0.05) is 29.8 Å². The van der Waals surface area contributed by atoms with Gasteiger partial charge in [-0.15, -0.1) is 0 Å². The normalized spacial score (nSPS) is 10.1. The van der Waals surface area contributed by atoms with Gasteiger partial charge in [0.2, 0.25) is 0 Å². The Bertz CT molecular complexity index is 265. The summed E-state index contributed by atoms with van der Waals surface area (Å²) in [4.78, 5) is 9.37. The fraction of sp³-hybridized carbons (Fsp3) is 0.333. The number of hydrogen-bond donors (Lipinski definition) is 1. The van der Waals surface area contributed by atoms with Crippen molar-refractivity contribution >= 4 is 12.6 Å². The molecule has 0 saturated heterocycles. The van der Waals surface area contributed by atoms with Crippen molar-refractivity contribution in [2.75, 3.05) is 6.61 Å². The van der Waals surface area contributed by atoms with Gasteiger partial charge < -0.3 is 5.02 Å². The van der Waals surface area contributed by atoms with Crippen LogP contribution in [0.5, 0.6) is 0 Å². The summed E-state index contributed by atoms with van der Waals surface area (Å²) in [5.74, 6) is 0. The molecule has 3 nitrogen and oxygen atoms in total. The lowest BCUT2D eigenvalue weighted by molar-refractivity contribution is -0.216. The summed E-state index contributed by atoms with van der Waals surface area (Å²) in [6, 6.07) is 7.47. The zero-order valence-corrected chi connectivity index (χ0v) is 7.86. The van der Waals surface area contributed by atoms with Gasteiger partial charge in [0, 0.05) is 0 Å². The van der Waals surface area contributed by atoms with Crippen molar-refractivity contribution in [3.05, 3.63) is 29.8 Å². The van der Waals surface area contributed by atoms with E-state index in [9.17, 15) is 5.02 Å². The van der Waals surface area contributed by atoms with Gasteiger partial charge in [-0.05, 0) is 19.3 Å². The molecule has 1 aromatic carbocycles. The van der Waals surface area contributed by atoms with E-state index in [-0.39, 0.29) is 0 Å². The van der Waals surface area contributed by atoms with Crippen LogP contribution in [0.3, 0.4) is 0 Å². The second-order valence-electron chi connectivity index (χ2n) is 2.71. The minimum absolute atomic E-state index is 0.420. The largest absolute Gasteiger partial charge is 0.523 e. The van der Waals surface area contributed by atoms with Crippen molar-refractivity contribution in [1.82, 2.24) is 0 Å². The summed E-state index contributed by atoms with van der Waals surface area (Å²) in [5.41, 5.74) is 1.71. The molecule has 0 amide bonds. The van der Waals surface area contributed by atoms with Crippen LogP contribution in [-0.4, -0.2) is 18.7 Å². The first-order valence-corrected chi connectivity index (χ1v) is 4.27. The minimum atomic E-state index is -0.999. The van der Waals surface area contributed by atoms with E-state index in [1.807, 2.05) is 25.1 Å². The Morgan fingerprint density at radius 1 is 1.38 bits per heavy atom. The molecule has 13 heavy (non-hydrogen) atoms. The van der Waals surface area contributed by atoms with Crippen LogP contribution < -0.4 is 5.46 Å². The SMILES string of the molecule is CCOOB(O)c1ccccc1C. The maximum absolute atomic E-state index is 9.49. The van der Waals surface area contributed by atoms with Gasteiger partial charge in [0.05, 0.1) is 6.61 Å². The van der Waals surface area contributed by atoms with E-state index in [0.29, 0.717) is 6.61 Å². The lowest BCUT2D eigenvalue weighted by atomic mass is 9.77. The molecule has 1 N–H and O–H groups in total. The third-order valence-electron chi connectivity index (χ3n) is 1.73. The van der Waals surface area contributed by atoms with Crippen molar-refractivity contribution in [3.8, 4) is 0 Å². The average molecular weight is 180 g/mol. The third kappa shape index (κ3) is 2.84. The molecule has 0 radical (unpaired) electrons. The van der Waals surface area contributed by atoms with Crippen LogP contribution in [0.1, 0.15) is 12.5 Å². The van der Waals surface area contributed by atoms with Crippen molar-refractivity contribution < 1.29 is 14.7 Å². The molecule has 0 unspecified atom stereocenters. The topological polar surface area (TPSA) is 38.7 Å². The quantitative estimate of drug-likeness (QED) is 0.420. The van der Waals surface area contributed by atoms with Gasteiger partial charge in [0.1, 0.15) is 0 Å². The minimum Gasteiger partial charge on any atom is -0.422 e. The standard InChI is InChI=1S/C9H13BO3/c1-3-12-13-10(11)9-7-5-4-6-8(9)2/h4-7,11H,3H2,1-2H3. The van der Waals surface area contributed by atoms with Crippen LogP contribution in [0.15, 0.2) is 24.3 Å². The lowest BCUT2D eigenvalue weighted by Crippen LogP contribution is -2.35. The molecule has 1 aromatic rings. The van der Waals surface area contributed by atoms with Gasteiger partial charge >= 0.3 is 7.12 Å². The summed E-state index contributed by atoms with van der Waals surface area (Å²) >= 11 is 0. The Balaban J connectivity index is 2.65. The molecule has 0 bridgehead atoms. The van der Waals surface area contributed by atoms with E-state index in [1.54, 1.807) is 13.0 Å². The van der Waals surface area contributed by atoms with Crippen molar-refractivity contribution in [2.24, 2.45) is 0 Å². The van der Waals surface area contributed by atoms with Crippen LogP contribution in [-0.2, 0) is 9.69 Å². The smallest absolute Gasteiger partial charge is 0.422 e. The summed E-state index contributed by atoms with van der Waals surface area (Å²) in [5, 5.41) is 9.49. The van der Waals surface area contributed by atoms with E-state index < -0.39 is 7.12 Å².